The molecule has 4 aliphatic carbocycles. The first-order valence-corrected chi connectivity index (χ1v) is 9.23. The molecule has 7 heteroatoms. The normalized spacial score (nSPS) is 35.3. The number of rotatable bonds is 7. The number of carbonyl (C=O) groups is 3. The summed E-state index contributed by atoms with van der Waals surface area (Å²) in [7, 11) is 0. The van der Waals surface area contributed by atoms with Gasteiger partial charge in [-0.3, -0.25) is 14.4 Å². The van der Waals surface area contributed by atoms with Crippen LogP contribution in [0.5, 0.6) is 0 Å². The molecule has 0 spiro atoms. The zero-order valence-corrected chi connectivity index (χ0v) is 14.8. The third-order valence-corrected chi connectivity index (χ3v) is 5.86. The largest absolute Gasteiger partial charge is 0.456 e. The average molecular weight is 352 g/mol. The summed E-state index contributed by atoms with van der Waals surface area (Å²) in [5.41, 5.74) is -0.762. The highest BCUT2D eigenvalue weighted by molar-refractivity contribution is 5.86. The second kappa shape index (κ2) is 6.94. The molecule has 2 amide bonds. The highest BCUT2D eigenvalue weighted by atomic mass is 16.5. The van der Waals surface area contributed by atoms with E-state index < -0.39 is 17.5 Å². The van der Waals surface area contributed by atoms with Gasteiger partial charge in [-0.05, 0) is 62.7 Å². The fraction of sp³-hybridized carbons (Fsp3) is 0.833. The Bertz CT molecular complexity index is 548. The molecule has 140 valence electrons. The van der Waals surface area contributed by atoms with Crippen molar-refractivity contribution in [3.63, 3.8) is 0 Å². The lowest BCUT2D eigenvalue weighted by atomic mass is 9.47. The number of amides is 2. The van der Waals surface area contributed by atoms with Crippen LogP contribution in [0.15, 0.2) is 0 Å². The molecule has 0 saturated heterocycles. The van der Waals surface area contributed by atoms with Crippen molar-refractivity contribution >= 4 is 17.8 Å². The van der Waals surface area contributed by atoms with E-state index in [4.69, 9.17) is 4.74 Å². The molecule has 0 aliphatic heterocycles. The summed E-state index contributed by atoms with van der Waals surface area (Å²) in [5.74, 6) is -0.120. The van der Waals surface area contributed by atoms with Gasteiger partial charge in [0.25, 0.3) is 5.91 Å². The lowest BCUT2D eigenvalue weighted by molar-refractivity contribution is -0.177. The summed E-state index contributed by atoms with van der Waals surface area (Å²) in [5, 5.41) is 15.7. The number of aliphatic hydroxyl groups is 1. The maximum Gasteiger partial charge on any atom is 0.306 e. The zero-order chi connectivity index (χ0) is 18.1. The van der Waals surface area contributed by atoms with Crippen LogP contribution in [0.25, 0.3) is 0 Å². The van der Waals surface area contributed by atoms with E-state index in [9.17, 15) is 19.5 Å². The highest BCUT2D eigenvalue weighted by Crippen LogP contribution is 2.62. The van der Waals surface area contributed by atoms with E-state index in [0.717, 1.165) is 25.7 Å². The molecular weight excluding hydrogens is 324 g/mol. The van der Waals surface area contributed by atoms with Crippen LogP contribution in [0.4, 0.5) is 0 Å². The van der Waals surface area contributed by atoms with Gasteiger partial charge in [-0.15, -0.1) is 0 Å². The second-order valence-electron chi connectivity index (χ2n) is 8.25. The van der Waals surface area contributed by atoms with Crippen molar-refractivity contribution in [1.82, 2.24) is 10.6 Å². The molecule has 0 aromatic rings. The maximum atomic E-state index is 12.2. The van der Waals surface area contributed by atoms with Gasteiger partial charge in [0.1, 0.15) is 0 Å². The molecule has 0 aromatic carbocycles. The van der Waals surface area contributed by atoms with Gasteiger partial charge in [-0.25, -0.2) is 0 Å². The number of hydrogen-bond acceptors (Lipinski definition) is 5. The summed E-state index contributed by atoms with van der Waals surface area (Å²) in [4.78, 5) is 35.2. The van der Waals surface area contributed by atoms with Crippen LogP contribution in [-0.4, -0.2) is 48.2 Å². The van der Waals surface area contributed by atoms with Gasteiger partial charge in [-0.2, -0.15) is 0 Å². The molecular formula is C18H28N2O5. The Balaban J connectivity index is 1.44. The first kappa shape index (κ1) is 18.2. The molecule has 7 nitrogen and oxygen atoms in total. The third kappa shape index (κ3) is 4.32. The van der Waals surface area contributed by atoms with E-state index in [1.165, 1.54) is 6.42 Å². The molecule has 0 radical (unpaired) electrons. The molecule has 4 saturated carbocycles. The van der Waals surface area contributed by atoms with Crippen LogP contribution < -0.4 is 10.6 Å². The van der Waals surface area contributed by atoms with Crippen LogP contribution in [0.3, 0.4) is 0 Å². The minimum absolute atomic E-state index is 0.120. The quantitative estimate of drug-likeness (QED) is 0.579. The predicted molar refractivity (Wildman–Crippen MR) is 89.3 cm³/mol. The smallest absolute Gasteiger partial charge is 0.306 e. The van der Waals surface area contributed by atoms with Gasteiger partial charge in [-0.1, -0.05) is 0 Å². The van der Waals surface area contributed by atoms with Crippen LogP contribution in [0.1, 0.15) is 51.9 Å². The highest BCUT2D eigenvalue weighted by Gasteiger charge is 2.57. The zero-order valence-electron chi connectivity index (χ0n) is 14.8. The fourth-order valence-electron chi connectivity index (χ4n) is 5.60. The number of carbonyl (C=O) groups excluding carboxylic acids is 3. The second-order valence-corrected chi connectivity index (χ2v) is 8.25. The van der Waals surface area contributed by atoms with Crippen LogP contribution in [-0.2, 0) is 19.1 Å². The van der Waals surface area contributed by atoms with Crippen molar-refractivity contribution in [2.24, 2.45) is 17.3 Å². The molecule has 0 heterocycles. The monoisotopic (exact) mass is 352 g/mol. The number of nitrogens with one attached hydrogen (secondary N) is 2. The topological polar surface area (TPSA) is 105 Å². The molecule has 4 fully saturated rings. The molecule has 2 atom stereocenters. The minimum atomic E-state index is -0.603. The molecule has 25 heavy (non-hydrogen) atoms. The van der Waals surface area contributed by atoms with Crippen LogP contribution in [0, 0.1) is 17.3 Å². The van der Waals surface area contributed by atoms with Crippen molar-refractivity contribution in [2.45, 2.75) is 57.5 Å². The van der Waals surface area contributed by atoms with Gasteiger partial charge in [0.15, 0.2) is 6.61 Å². The SMILES string of the molecule is CCNC(=O)CNC(=O)COC(=O)CC12C[C@@H]3C[C@H](CC(O)(C3)C1)C2. The van der Waals surface area contributed by atoms with Crippen LogP contribution in [0.2, 0.25) is 0 Å². The van der Waals surface area contributed by atoms with E-state index in [1.54, 1.807) is 6.92 Å². The first-order valence-electron chi connectivity index (χ1n) is 9.23. The van der Waals surface area contributed by atoms with Crippen LogP contribution >= 0.6 is 0 Å². The standard InChI is InChI=1S/C18H28N2O5/c1-2-19-14(21)9-20-15(22)10-25-16(23)8-17-4-12-3-13(5-17)7-18(24,6-12)11-17/h12-13,24H,2-11H2,1H3,(H,19,21)(H,20,22)/t12-,13-,17?,18?/m0/s1. The molecule has 0 aromatic heterocycles. The molecule has 3 N–H and O–H groups in total. The summed E-state index contributed by atoms with van der Waals surface area (Å²) in [6, 6.07) is 0. The van der Waals surface area contributed by atoms with E-state index in [-0.39, 0.29) is 30.9 Å². The Morgan fingerprint density at radius 2 is 1.76 bits per heavy atom. The lowest BCUT2D eigenvalue weighted by Gasteiger charge is -2.60. The Hall–Kier alpha value is -1.63. The number of esters is 1. The Labute approximate surface area is 147 Å². The van der Waals surface area contributed by atoms with Crippen molar-refractivity contribution in [1.29, 1.82) is 0 Å². The Morgan fingerprint density at radius 3 is 2.36 bits per heavy atom. The maximum absolute atomic E-state index is 12.2. The summed E-state index contributed by atoms with van der Waals surface area (Å²) in [6.45, 7) is 1.80. The van der Waals surface area contributed by atoms with Gasteiger partial charge in [0.05, 0.1) is 18.6 Å². The molecule has 0 unspecified atom stereocenters. The molecule has 4 aliphatic rings. The number of hydrogen-bond donors (Lipinski definition) is 3. The third-order valence-electron chi connectivity index (χ3n) is 5.86. The summed E-state index contributed by atoms with van der Waals surface area (Å²) in [6.07, 6.45) is 5.79. The summed E-state index contributed by atoms with van der Waals surface area (Å²) < 4.78 is 5.10. The van der Waals surface area contributed by atoms with Gasteiger partial charge in [0.2, 0.25) is 5.91 Å². The fourth-order valence-corrected chi connectivity index (χ4v) is 5.60. The van der Waals surface area contributed by atoms with E-state index in [2.05, 4.69) is 10.6 Å². The predicted octanol–water partition coefficient (Wildman–Crippen LogP) is 0.503. The Morgan fingerprint density at radius 1 is 1.08 bits per heavy atom. The lowest BCUT2D eigenvalue weighted by Crippen LogP contribution is -2.56. The van der Waals surface area contributed by atoms with E-state index in [1.807, 2.05) is 0 Å². The van der Waals surface area contributed by atoms with E-state index in [0.29, 0.717) is 24.8 Å². The first-order chi connectivity index (χ1) is 11.8. The van der Waals surface area contributed by atoms with Crippen molar-refractivity contribution in [3.05, 3.63) is 0 Å². The Kier molecular flexibility index (Phi) is 5.04. The molecule has 4 bridgehead atoms. The van der Waals surface area contributed by atoms with Gasteiger partial charge < -0.3 is 20.5 Å². The van der Waals surface area contributed by atoms with Crippen molar-refractivity contribution in [3.8, 4) is 0 Å². The van der Waals surface area contributed by atoms with Crippen molar-refractivity contribution in [2.75, 3.05) is 19.7 Å². The number of ether oxygens (including phenoxy) is 1. The summed E-state index contributed by atoms with van der Waals surface area (Å²) >= 11 is 0. The number of likely N-dealkylation sites (N-methyl/N-ethyl adjacent to an activating group) is 1. The molecule has 4 rings (SSSR count). The minimum Gasteiger partial charge on any atom is -0.456 e. The van der Waals surface area contributed by atoms with Crippen molar-refractivity contribution < 1.29 is 24.2 Å². The van der Waals surface area contributed by atoms with Gasteiger partial charge in [0, 0.05) is 6.54 Å². The average Bonchev–Trinajstić information content (AvgIpc) is 2.48. The van der Waals surface area contributed by atoms with E-state index >= 15 is 0 Å². The van der Waals surface area contributed by atoms with Gasteiger partial charge >= 0.3 is 5.97 Å².